The van der Waals surface area contributed by atoms with Gasteiger partial charge in [-0.3, -0.25) is 8.42 Å². The van der Waals surface area contributed by atoms with Crippen LogP contribution < -0.4 is 0 Å². The topological polar surface area (TPSA) is 34.1 Å². The number of aryl methyl sites for hydroxylation is 2. The first kappa shape index (κ1) is 19.3. The average molecular weight is 365 g/mol. The summed E-state index contributed by atoms with van der Waals surface area (Å²) >= 11 is 0. The van der Waals surface area contributed by atoms with Crippen molar-refractivity contribution < 1.29 is 8.42 Å². The number of rotatable bonds is 2. The molecule has 2 unspecified atom stereocenters. The van der Waals surface area contributed by atoms with E-state index in [4.69, 9.17) is 0 Å². The highest BCUT2D eigenvalue weighted by Crippen LogP contribution is 2.36. The molecule has 0 spiro atoms. The Bertz CT molecular complexity index is 766. The number of hydrogen-bond donors (Lipinski definition) is 0. The van der Waals surface area contributed by atoms with E-state index < -0.39 is 21.6 Å². The molecule has 0 saturated carbocycles. The van der Waals surface area contributed by atoms with Crippen molar-refractivity contribution in [2.75, 3.05) is 0 Å². The first-order valence-corrected chi connectivity index (χ1v) is 10.5. The third-order valence-electron chi connectivity index (χ3n) is 3.98. The number of hydrogen-bond acceptors (Lipinski definition) is 2. The summed E-state index contributed by atoms with van der Waals surface area (Å²) in [6.45, 7) is 15.9. The van der Waals surface area contributed by atoms with E-state index in [1.54, 1.807) is 0 Å². The zero-order valence-electron chi connectivity index (χ0n) is 15.9. The third kappa shape index (κ3) is 3.50. The highest BCUT2D eigenvalue weighted by atomic mass is 32.2. The Morgan fingerprint density at radius 1 is 0.625 bits per heavy atom. The van der Waals surface area contributed by atoms with Gasteiger partial charge in [-0.05, 0) is 77.3 Å². The standard InChI is InChI=1S/C20H28O2S2/c1-13-9-11-16-15(17(13)23(21)19(3,4)5)12-10-14(2)18(16)24(22)20(6,7)8/h9-12H,1-8H3. The van der Waals surface area contributed by atoms with Gasteiger partial charge in [-0.15, -0.1) is 0 Å². The molecule has 0 aliphatic rings. The third-order valence-corrected chi connectivity index (χ3v) is 8.03. The van der Waals surface area contributed by atoms with Crippen LogP contribution in [0.5, 0.6) is 0 Å². The molecule has 2 nitrogen and oxygen atoms in total. The van der Waals surface area contributed by atoms with Gasteiger partial charge in [0.2, 0.25) is 0 Å². The van der Waals surface area contributed by atoms with Crippen molar-refractivity contribution in [3.63, 3.8) is 0 Å². The first-order valence-electron chi connectivity index (χ1n) is 8.22. The highest BCUT2D eigenvalue weighted by molar-refractivity contribution is 7.87. The maximum absolute atomic E-state index is 13.1. The second kappa shape index (κ2) is 6.38. The van der Waals surface area contributed by atoms with Gasteiger partial charge in [-0.1, -0.05) is 24.3 Å². The van der Waals surface area contributed by atoms with Gasteiger partial charge in [0, 0.05) is 9.49 Å². The zero-order chi connectivity index (χ0) is 18.4. The van der Waals surface area contributed by atoms with E-state index in [0.29, 0.717) is 0 Å². The lowest BCUT2D eigenvalue weighted by Gasteiger charge is -2.24. The fourth-order valence-corrected chi connectivity index (χ4v) is 5.37. The molecule has 132 valence electrons. The summed E-state index contributed by atoms with van der Waals surface area (Å²) < 4.78 is 25.5. The molecule has 0 bridgehead atoms. The second-order valence-electron chi connectivity index (χ2n) is 8.28. The Balaban J connectivity index is 2.89. The minimum Gasteiger partial charge on any atom is -0.254 e. The summed E-state index contributed by atoms with van der Waals surface area (Å²) in [5, 5.41) is 1.92. The van der Waals surface area contributed by atoms with E-state index in [1.807, 2.05) is 79.7 Å². The predicted molar refractivity (Wildman–Crippen MR) is 106 cm³/mol. The molecule has 2 aromatic rings. The van der Waals surface area contributed by atoms with Crippen LogP contribution in [0, 0.1) is 13.8 Å². The van der Waals surface area contributed by atoms with Crippen LogP contribution in [0.2, 0.25) is 0 Å². The minimum atomic E-state index is -1.14. The first-order chi connectivity index (χ1) is 10.9. The van der Waals surface area contributed by atoms with Gasteiger partial charge in [0.15, 0.2) is 0 Å². The molecule has 0 saturated heterocycles. The fraction of sp³-hybridized carbons (Fsp3) is 0.500. The Kier molecular flexibility index (Phi) is 5.14. The molecule has 0 fully saturated rings. The van der Waals surface area contributed by atoms with Gasteiger partial charge >= 0.3 is 0 Å². The van der Waals surface area contributed by atoms with Gasteiger partial charge in [0.05, 0.1) is 31.4 Å². The molecule has 4 heteroatoms. The van der Waals surface area contributed by atoms with Gasteiger partial charge in [-0.25, -0.2) is 0 Å². The SMILES string of the molecule is Cc1ccc2c(S(=O)C(C)(C)C)c(C)ccc2c1S(=O)C(C)(C)C. The Labute approximate surface area is 151 Å². The van der Waals surface area contributed by atoms with Crippen molar-refractivity contribution >= 4 is 32.4 Å². The highest BCUT2D eigenvalue weighted by Gasteiger charge is 2.28. The van der Waals surface area contributed by atoms with Crippen LogP contribution >= 0.6 is 0 Å². The summed E-state index contributed by atoms with van der Waals surface area (Å²) in [6, 6.07) is 8.06. The van der Waals surface area contributed by atoms with Crippen LogP contribution in [0.4, 0.5) is 0 Å². The quantitative estimate of drug-likeness (QED) is 0.727. The molecule has 2 aromatic carbocycles. The maximum Gasteiger partial charge on any atom is 0.0592 e. The summed E-state index contributed by atoms with van der Waals surface area (Å²) in [7, 11) is -2.27. The largest absolute Gasteiger partial charge is 0.254 e. The molecule has 0 aromatic heterocycles. The van der Waals surface area contributed by atoms with E-state index in [2.05, 4.69) is 0 Å². The van der Waals surface area contributed by atoms with Crippen LogP contribution in [-0.4, -0.2) is 17.9 Å². The normalized spacial score (nSPS) is 15.5. The van der Waals surface area contributed by atoms with Crippen molar-refractivity contribution in [3.05, 3.63) is 35.4 Å². The van der Waals surface area contributed by atoms with Crippen molar-refractivity contribution in [3.8, 4) is 0 Å². The van der Waals surface area contributed by atoms with Crippen LogP contribution in [0.1, 0.15) is 52.7 Å². The molecule has 0 amide bonds. The summed E-state index contributed by atoms with van der Waals surface area (Å²) in [4.78, 5) is 1.74. The van der Waals surface area contributed by atoms with Crippen molar-refractivity contribution in [2.45, 2.75) is 74.7 Å². The van der Waals surface area contributed by atoms with E-state index in [1.165, 1.54) is 0 Å². The lowest BCUT2D eigenvalue weighted by Crippen LogP contribution is -2.24. The van der Waals surface area contributed by atoms with Gasteiger partial charge in [-0.2, -0.15) is 0 Å². The van der Waals surface area contributed by atoms with Crippen LogP contribution in [0.25, 0.3) is 10.8 Å². The van der Waals surface area contributed by atoms with Crippen LogP contribution in [-0.2, 0) is 21.6 Å². The molecular weight excluding hydrogens is 336 g/mol. The molecule has 0 heterocycles. The smallest absolute Gasteiger partial charge is 0.0592 e. The molecule has 2 rings (SSSR count). The molecular formula is C20H28O2S2. The van der Waals surface area contributed by atoms with Gasteiger partial charge < -0.3 is 0 Å². The summed E-state index contributed by atoms with van der Waals surface area (Å²) in [5.74, 6) is 0. The average Bonchev–Trinajstić information content (AvgIpc) is 2.44. The van der Waals surface area contributed by atoms with Crippen molar-refractivity contribution in [1.82, 2.24) is 0 Å². The molecule has 0 radical (unpaired) electrons. The Hall–Kier alpha value is -1.00. The predicted octanol–water partition coefficient (Wildman–Crippen LogP) is 5.27. The lowest BCUT2D eigenvalue weighted by atomic mass is 10.0. The zero-order valence-corrected chi connectivity index (χ0v) is 17.6. The molecule has 0 aliphatic carbocycles. The number of benzene rings is 2. The Morgan fingerprint density at radius 3 is 1.17 bits per heavy atom. The van der Waals surface area contributed by atoms with Crippen molar-refractivity contribution in [2.24, 2.45) is 0 Å². The van der Waals surface area contributed by atoms with E-state index in [9.17, 15) is 8.42 Å². The van der Waals surface area contributed by atoms with E-state index in [0.717, 1.165) is 31.7 Å². The fourth-order valence-electron chi connectivity index (χ4n) is 2.67. The lowest BCUT2D eigenvalue weighted by molar-refractivity contribution is 0.648. The Morgan fingerprint density at radius 2 is 0.917 bits per heavy atom. The maximum atomic E-state index is 13.1. The second-order valence-corrected chi connectivity index (χ2v) is 12.6. The molecule has 2 atom stereocenters. The summed E-state index contributed by atoms with van der Waals surface area (Å²) in [6.07, 6.45) is 0. The van der Waals surface area contributed by atoms with Crippen LogP contribution in [0.3, 0.4) is 0 Å². The van der Waals surface area contributed by atoms with Gasteiger partial charge in [0.25, 0.3) is 0 Å². The summed E-state index contributed by atoms with van der Waals surface area (Å²) in [5.41, 5.74) is 2.04. The number of fused-ring (bicyclic) bond motifs is 1. The van der Waals surface area contributed by atoms with Crippen molar-refractivity contribution in [1.29, 1.82) is 0 Å². The van der Waals surface area contributed by atoms with Gasteiger partial charge in [0.1, 0.15) is 0 Å². The molecule has 24 heavy (non-hydrogen) atoms. The van der Waals surface area contributed by atoms with E-state index in [-0.39, 0.29) is 9.49 Å². The molecule has 0 N–H and O–H groups in total. The van der Waals surface area contributed by atoms with E-state index >= 15 is 0 Å². The molecule has 0 aliphatic heterocycles. The monoisotopic (exact) mass is 364 g/mol. The van der Waals surface area contributed by atoms with Crippen LogP contribution in [0.15, 0.2) is 34.1 Å². The minimum absolute atomic E-state index is 0.340.